The van der Waals surface area contributed by atoms with E-state index in [2.05, 4.69) is 63.7 Å². The van der Waals surface area contributed by atoms with Gasteiger partial charge in [0.15, 0.2) is 0 Å². The van der Waals surface area contributed by atoms with Crippen LogP contribution in [0.15, 0.2) is 28.7 Å². The fourth-order valence-electron chi connectivity index (χ4n) is 2.36. The number of thioether (sulfide) groups is 1. The van der Waals surface area contributed by atoms with Crippen molar-refractivity contribution in [2.75, 3.05) is 26.4 Å². The molecule has 2 unspecified atom stereocenters. The zero-order valence-corrected chi connectivity index (χ0v) is 12.7. The Labute approximate surface area is 116 Å². The van der Waals surface area contributed by atoms with Crippen LogP contribution in [-0.2, 0) is 6.54 Å². The van der Waals surface area contributed by atoms with Crippen molar-refractivity contribution >= 4 is 27.7 Å². The van der Waals surface area contributed by atoms with Crippen LogP contribution in [0, 0.1) is 0 Å². The minimum atomic E-state index is 0.643. The third-order valence-corrected chi connectivity index (χ3v) is 4.90. The van der Waals surface area contributed by atoms with Crippen molar-refractivity contribution in [3.05, 3.63) is 34.3 Å². The van der Waals surface area contributed by atoms with E-state index in [1.54, 1.807) is 0 Å². The molecule has 1 aliphatic rings. The number of rotatable bonds is 4. The SMILES string of the molecule is CSC1CNCC1N(C)Cc1cccc(Br)c1. The van der Waals surface area contributed by atoms with Gasteiger partial charge in [-0.25, -0.2) is 0 Å². The molecule has 17 heavy (non-hydrogen) atoms. The first-order valence-electron chi connectivity index (χ1n) is 5.89. The van der Waals surface area contributed by atoms with E-state index >= 15 is 0 Å². The number of hydrogen-bond acceptors (Lipinski definition) is 3. The first kappa shape index (κ1) is 13.4. The maximum atomic E-state index is 3.53. The lowest BCUT2D eigenvalue weighted by Gasteiger charge is -2.28. The van der Waals surface area contributed by atoms with E-state index in [0.29, 0.717) is 11.3 Å². The molecule has 1 N–H and O–H groups in total. The van der Waals surface area contributed by atoms with Crippen molar-refractivity contribution in [2.45, 2.75) is 17.8 Å². The lowest BCUT2D eigenvalue weighted by Crippen LogP contribution is -2.38. The van der Waals surface area contributed by atoms with E-state index < -0.39 is 0 Å². The Hall–Kier alpha value is -0.0300. The molecule has 0 spiro atoms. The highest BCUT2D eigenvalue weighted by Crippen LogP contribution is 2.21. The Bertz CT molecular complexity index is 372. The standard InChI is InChI=1S/C13H19BrN2S/c1-16(12-7-15-8-13(12)17-2)9-10-4-3-5-11(14)6-10/h3-6,12-13,15H,7-9H2,1-2H3. The van der Waals surface area contributed by atoms with Crippen LogP contribution in [0.25, 0.3) is 0 Å². The molecule has 1 aliphatic heterocycles. The van der Waals surface area contributed by atoms with Gasteiger partial charge in [-0.05, 0) is 31.0 Å². The molecular formula is C13H19BrN2S. The minimum absolute atomic E-state index is 0.643. The minimum Gasteiger partial charge on any atom is -0.314 e. The smallest absolute Gasteiger partial charge is 0.0352 e. The second-order valence-electron chi connectivity index (χ2n) is 4.54. The first-order valence-corrected chi connectivity index (χ1v) is 7.97. The quantitative estimate of drug-likeness (QED) is 0.919. The van der Waals surface area contributed by atoms with Crippen molar-refractivity contribution in [1.82, 2.24) is 10.2 Å². The number of nitrogens with one attached hydrogen (secondary N) is 1. The first-order chi connectivity index (χ1) is 8.20. The maximum absolute atomic E-state index is 3.53. The van der Waals surface area contributed by atoms with Crippen LogP contribution in [0.1, 0.15) is 5.56 Å². The maximum Gasteiger partial charge on any atom is 0.0352 e. The van der Waals surface area contributed by atoms with Crippen molar-refractivity contribution in [2.24, 2.45) is 0 Å². The zero-order chi connectivity index (χ0) is 12.3. The van der Waals surface area contributed by atoms with Crippen molar-refractivity contribution in [3.63, 3.8) is 0 Å². The summed E-state index contributed by atoms with van der Waals surface area (Å²) in [6, 6.07) is 9.21. The third kappa shape index (κ3) is 3.47. The summed E-state index contributed by atoms with van der Waals surface area (Å²) in [6.45, 7) is 3.26. The molecule has 2 atom stereocenters. The van der Waals surface area contributed by atoms with Crippen LogP contribution in [-0.4, -0.2) is 42.6 Å². The van der Waals surface area contributed by atoms with Gasteiger partial charge in [-0.1, -0.05) is 28.1 Å². The largest absolute Gasteiger partial charge is 0.314 e. The highest BCUT2D eigenvalue weighted by molar-refractivity contribution is 9.10. The summed E-state index contributed by atoms with van der Waals surface area (Å²) in [5.74, 6) is 0. The lowest BCUT2D eigenvalue weighted by molar-refractivity contribution is 0.253. The third-order valence-electron chi connectivity index (χ3n) is 3.32. The molecule has 0 bridgehead atoms. The van der Waals surface area contributed by atoms with Crippen LogP contribution in [0.3, 0.4) is 0 Å². The van der Waals surface area contributed by atoms with E-state index in [0.717, 1.165) is 24.1 Å². The zero-order valence-electron chi connectivity index (χ0n) is 10.3. The van der Waals surface area contributed by atoms with Crippen molar-refractivity contribution < 1.29 is 0 Å². The fourth-order valence-corrected chi connectivity index (χ4v) is 3.71. The molecule has 1 aromatic rings. The second kappa shape index (κ2) is 6.23. The molecule has 0 aromatic heterocycles. The molecule has 0 radical (unpaired) electrons. The van der Waals surface area contributed by atoms with Crippen LogP contribution in [0.2, 0.25) is 0 Å². The number of likely N-dealkylation sites (N-methyl/N-ethyl adjacent to an activating group) is 1. The fraction of sp³-hybridized carbons (Fsp3) is 0.538. The van der Waals surface area contributed by atoms with Crippen LogP contribution in [0.4, 0.5) is 0 Å². The normalized spacial score (nSPS) is 24.5. The summed E-state index contributed by atoms with van der Waals surface area (Å²) in [4.78, 5) is 2.46. The molecule has 0 amide bonds. The number of benzene rings is 1. The van der Waals surface area contributed by atoms with E-state index in [4.69, 9.17) is 0 Å². The molecule has 0 saturated carbocycles. The molecule has 1 fully saturated rings. The van der Waals surface area contributed by atoms with Crippen LogP contribution in [0.5, 0.6) is 0 Å². The molecular weight excluding hydrogens is 296 g/mol. The van der Waals surface area contributed by atoms with Gasteiger partial charge in [0.05, 0.1) is 0 Å². The molecule has 2 nitrogen and oxygen atoms in total. The molecule has 0 aliphatic carbocycles. The average molecular weight is 315 g/mol. The van der Waals surface area contributed by atoms with E-state index in [9.17, 15) is 0 Å². The summed E-state index contributed by atoms with van der Waals surface area (Å²) in [6.07, 6.45) is 2.21. The van der Waals surface area contributed by atoms with Crippen LogP contribution < -0.4 is 5.32 Å². The van der Waals surface area contributed by atoms with Gasteiger partial charge in [0.1, 0.15) is 0 Å². The number of halogens is 1. The Morgan fingerprint density at radius 1 is 1.47 bits per heavy atom. The molecule has 94 valence electrons. The molecule has 4 heteroatoms. The predicted octanol–water partition coefficient (Wildman–Crippen LogP) is 2.58. The Morgan fingerprint density at radius 3 is 3.00 bits per heavy atom. The van der Waals surface area contributed by atoms with Gasteiger partial charge in [0, 0.05) is 35.4 Å². The summed E-state index contributed by atoms with van der Waals surface area (Å²) >= 11 is 5.50. The van der Waals surface area contributed by atoms with Gasteiger partial charge < -0.3 is 5.32 Å². The molecule has 1 saturated heterocycles. The van der Waals surface area contributed by atoms with Gasteiger partial charge in [-0.15, -0.1) is 0 Å². The number of nitrogens with zero attached hydrogens (tertiary/aromatic N) is 1. The predicted molar refractivity (Wildman–Crippen MR) is 79.6 cm³/mol. The monoisotopic (exact) mass is 314 g/mol. The number of hydrogen-bond donors (Lipinski definition) is 1. The average Bonchev–Trinajstić information content (AvgIpc) is 2.77. The topological polar surface area (TPSA) is 15.3 Å². The summed E-state index contributed by atoms with van der Waals surface area (Å²) < 4.78 is 1.16. The van der Waals surface area contributed by atoms with Crippen molar-refractivity contribution in [3.8, 4) is 0 Å². The lowest BCUT2D eigenvalue weighted by atomic mass is 10.1. The van der Waals surface area contributed by atoms with Gasteiger partial charge in [0.25, 0.3) is 0 Å². The van der Waals surface area contributed by atoms with Gasteiger partial charge in [-0.2, -0.15) is 11.8 Å². The summed E-state index contributed by atoms with van der Waals surface area (Å²) in [5.41, 5.74) is 1.37. The molecule has 1 heterocycles. The Balaban J connectivity index is 1.99. The van der Waals surface area contributed by atoms with Crippen molar-refractivity contribution in [1.29, 1.82) is 0 Å². The summed E-state index contributed by atoms with van der Waals surface area (Å²) in [5, 5.41) is 4.19. The Kier molecular flexibility index (Phi) is 4.91. The van der Waals surface area contributed by atoms with E-state index in [1.807, 2.05) is 11.8 Å². The second-order valence-corrected chi connectivity index (χ2v) is 6.54. The summed E-state index contributed by atoms with van der Waals surface area (Å²) in [7, 11) is 2.22. The van der Waals surface area contributed by atoms with Gasteiger partial charge >= 0.3 is 0 Å². The van der Waals surface area contributed by atoms with E-state index in [-0.39, 0.29) is 0 Å². The highest BCUT2D eigenvalue weighted by atomic mass is 79.9. The van der Waals surface area contributed by atoms with Gasteiger partial charge in [0.2, 0.25) is 0 Å². The molecule has 2 rings (SSSR count). The van der Waals surface area contributed by atoms with Gasteiger partial charge in [-0.3, -0.25) is 4.90 Å². The highest BCUT2D eigenvalue weighted by Gasteiger charge is 2.29. The Morgan fingerprint density at radius 2 is 2.29 bits per heavy atom. The van der Waals surface area contributed by atoms with Crippen LogP contribution >= 0.6 is 27.7 Å². The van der Waals surface area contributed by atoms with E-state index in [1.165, 1.54) is 5.56 Å². The molecule has 1 aromatic carbocycles.